The van der Waals surface area contributed by atoms with Crippen molar-refractivity contribution in [1.82, 2.24) is 10.2 Å². The second kappa shape index (κ2) is 11.8. The molecule has 0 aliphatic heterocycles. The van der Waals surface area contributed by atoms with Gasteiger partial charge in [0.15, 0.2) is 0 Å². The van der Waals surface area contributed by atoms with Gasteiger partial charge in [0.2, 0.25) is 11.8 Å². The lowest BCUT2D eigenvalue weighted by atomic mass is 10.1. The van der Waals surface area contributed by atoms with Crippen molar-refractivity contribution in [2.45, 2.75) is 45.2 Å². The van der Waals surface area contributed by atoms with Crippen LogP contribution in [0.15, 0.2) is 71.6 Å². The van der Waals surface area contributed by atoms with E-state index in [0.717, 1.165) is 26.6 Å². The molecule has 0 spiro atoms. The van der Waals surface area contributed by atoms with E-state index in [1.54, 1.807) is 19.1 Å². The van der Waals surface area contributed by atoms with Crippen molar-refractivity contribution < 1.29 is 18.0 Å². The van der Waals surface area contributed by atoms with E-state index < -0.39 is 28.5 Å². The molecule has 3 aromatic carbocycles. The zero-order chi connectivity index (χ0) is 27.3. The molecule has 37 heavy (non-hydrogen) atoms. The van der Waals surface area contributed by atoms with Crippen LogP contribution < -0.4 is 9.62 Å². The Bertz CT molecular complexity index is 1390. The summed E-state index contributed by atoms with van der Waals surface area (Å²) in [6, 6.07) is 17.8. The average molecular weight is 542 g/mol. The fourth-order valence-corrected chi connectivity index (χ4v) is 5.44. The van der Waals surface area contributed by atoms with Crippen LogP contribution in [0.1, 0.15) is 29.2 Å². The molecule has 1 atom stereocenters. The molecule has 0 heterocycles. The van der Waals surface area contributed by atoms with Gasteiger partial charge in [-0.2, -0.15) is 0 Å². The Hall–Kier alpha value is -3.36. The maximum Gasteiger partial charge on any atom is 0.264 e. The molecule has 0 unspecified atom stereocenters. The number of halogens is 1. The Labute approximate surface area is 224 Å². The molecule has 7 nitrogen and oxygen atoms in total. The van der Waals surface area contributed by atoms with Gasteiger partial charge in [-0.25, -0.2) is 8.42 Å². The van der Waals surface area contributed by atoms with E-state index in [2.05, 4.69) is 5.32 Å². The topological polar surface area (TPSA) is 86.8 Å². The van der Waals surface area contributed by atoms with Gasteiger partial charge in [-0.15, -0.1) is 0 Å². The monoisotopic (exact) mass is 541 g/mol. The van der Waals surface area contributed by atoms with Crippen LogP contribution in [0.25, 0.3) is 0 Å². The first-order valence-electron chi connectivity index (χ1n) is 11.9. The molecule has 0 aliphatic carbocycles. The predicted molar refractivity (Wildman–Crippen MR) is 147 cm³/mol. The van der Waals surface area contributed by atoms with Gasteiger partial charge in [0.05, 0.1) is 10.6 Å². The summed E-state index contributed by atoms with van der Waals surface area (Å²) in [7, 11) is -2.63. The third-order valence-corrected chi connectivity index (χ3v) is 8.51. The molecular formula is C28H32ClN3O4S. The number of nitrogens with zero attached hydrogens (tertiary/aromatic N) is 2. The third kappa shape index (κ3) is 6.50. The third-order valence-electron chi connectivity index (χ3n) is 6.47. The van der Waals surface area contributed by atoms with E-state index in [0.29, 0.717) is 10.7 Å². The second-order valence-corrected chi connectivity index (χ2v) is 11.3. The van der Waals surface area contributed by atoms with Crippen LogP contribution in [0.2, 0.25) is 5.02 Å². The number of nitrogens with one attached hydrogen (secondary N) is 1. The van der Waals surface area contributed by atoms with Gasteiger partial charge >= 0.3 is 0 Å². The SMILES string of the molecule is CNC(=O)[C@H](C)N(Cc1ccccc1C)C(=O)CN(c1ccc(C)c(C)c1)S(=O)(=O)c1ccc(Cl)cc1. The molecule has 196 valence electrons. The number of hydrogen-bond donors (Lipinski definition) is 1. The smallest absolute Gasteiger partial charge is 0.264 e. The number of aryl methyl sites for hydroxylation is 3. The van der Waals surface area contributed by atoms with E-state index in [9.17, 15) is 18.0 Å². The van der Waals surface area contributed by atoms with Crippen molar-refractivity contribution in [2.75, 3.05) is 17.9 Å². The molecule has 0 bridgehead atoms. The molecule has 0 radical (unpaired) electrons. The van der Waals surface area contributed by atoms with Gasteiger partial charge in [0, 0.05) is 18.6 Å². The van der Waals surface area contributed by atoms with Gasteiger partial charge in [0.25, 0.3) is 10.0 Å². The van der Waals surface area contributed by atoms with Crippen LogP contribution in [-0.2, 0) is 26.2 Å². The zero-order valence-electron chi connectivity index (χ0n) is 21.7. The summed E-state index contributed by atoms with van der Waals surface area (Å²) in [6.45, 7) is 7.03. The Morgan fingerprint density at radius 2 is 1.57 bits per heavy atom. The standard InChI is InChI=1S/C28H32ClN3O4S/c1-19-10-13-25(16-21(19)3)32(37(35,36)26-14-11-24(29)12-15-26)18-27(33)31(22(4)28(34)30-5)17-23-9-7-6-8-20(23)2/h6-16,22H,17-18H2,1-5H3,(H,30,34)/t22-/m0/s1. The van der Waals surface area contributed by atoms with E-state index in [1.165, 1.54) is 36.2 Å². The lowest BCUT2D eigenvalue weighted by Crippen LogP contribution is -2.50. The Balaban J connectivity index is 2.07. The number of carbonyl (C=O) groups excluding carboxylic acids is 2. The maximum atomic E-state index is 13.8. The summed E-state index contributed by atoms with van der Waals surface area (Å²) in [6.07, 6.45) is 0. The van der Waals surface area contributed by atoms with Gasteiger partial charge in [0.1, 0.15) is 12.6 Å². The quantitative estimate of drug-likeness (QED) is 0.428. The number of carbonyl (C=O) groups is 2. The highest BCUT2D eigenvalue weighted by atomic mass is 35.5. The molecule has 1 N–H and O–H groups in total. The van der Waals surface area contributed by atoms with Crippen LogP contribution in [0.4, 0.5) is 5.69 Å². The summed E-state index contributed by atoms with van der Waals surface area (Å²) in [4.78, 5) is 27.8. The van der Waals surface area contributed by atoms with Crippen LogP contribution in [-0.4, -0.2) is 44.8 Å². The number of sulfonamides is 1. The van der Waals surface area contributed by atoms with Gasteiger partial charge in [-0.1, -0.05) is 41.9 Å². The number of likely N-dealkylation sites (N-methyl/N-ethyl adjacent to an activating group) is 1. The van der Waals surface area contributed by atoms with Gasteiger partial charge < -0.3 is 10.2 Å². The summed E-state index contributed by atoms with van der Waals surface area (Å²) in [5.41, 5.74) is 4.06. The highest BCUT2D eigenvalue weighted by molar-refractivity contribution is 7.92. The van der Waals surface area contributed by atoms with E-state index in [4.69, 9.17) is 11.6 Å². The fraction of sp³-hybridized carbons (Fsp3) is 0.286. The van der Waals surface area contributed by atoms with Crippen LogP contribution >= 0.6 is 11.6 Å². The second-order valence-electron chi connectivity index (χ2n) is 8.97. The molecule has 3 rings (SSSR count). The molecule has 0 aliphatic rings. The van der Waals surface area contributed by atoms with Crippen LogP contribution in [0.5, 0.6) is 0 Å². The normalized spacial score (nSPS) is 12.1. The largest absolute Gasteiger partial charge is 0.357 e. The fourth-order valence-electron chi connectivity index (χ4n) is 3.91. The lowest BCUT2D eigenvalue weighted by molar-refractivity contribution is -0.139. The summed E-state index contributed by atoms with van der Waals surface area (Å²) in [5, 5.41) is 2.98. The summed E-state index contributed by atoms with van der Waals surface area (Å²) < 4.78 is 28.7. The van der Waals surface area contributed by atoms with Crippen molar-refractivity contribution in [3.05, 3.63) is 94.0 Å². The molecule has 3 aromatic rings. The van der Waals surface area contributed by atoms with Gasteiger partial charge in [-0.3, -0.25) is 13.9 Å². The van der Waals surface area contributed by atoms with Crippen LogP contribution in [0, 0.1) is 20.8 Å². The number of benzene rings is 3. The highest BCUT2D eigenvalue weighted by Gasteiger charge is 2.32. The van der Waals surface area contributed by atoms with Gasteiger partial charge in [-0.05, 0) is 86.3 Å². The molecular weight excluding hydrogens is 510 g/mol. The molecule has 0 saturated carbocycles. The van der Waals surface area contributed by atoms with Crippen molar-refractivity contribution in [3.8, 4) is 0 Å². The first kappa shape index (κ1) is 28.2. The average Bonchev–Trinajstić information content (AvgIpc) is 2.87. The Morgan fingerprint density at radius 1 is 0.919 bits per heavy atom. The van der Waals surface area contributed by atoms with Crippen molar-refractivity contribution in [3.63, 3.8) is 0 Å². The lowest BCUT2D eigenvalue weighted by Gasteiger charge is -2.32. The first-order valence-corrected chi connectivity index (χ1v) is 13.7. The minimum atomic E-state index is -4.13. The molecule has 0 saturated heterocycles. The minimum Gasteiger partial charge on any atom is -0.357 e. The maximum absolute atomic E-state index is 13.8. The predicted octanol–water partition coefficient (Wildman–Crippen LogP) is 4.62. The Morgan fingerprint density at radius 3 is 2.16 bits per heavy atom. The summed E-state index contributed by atoms with van der Waals surface area (Å²) >= 11 is 5.98. The first-order chi connectivity index (χ1) is 17.4. The van der Waals surface area contributed by atoms with Crippen molar-refractivity contribution in [1.29, 1.82) is 0 Å². The van der Waals surface area contributed by atoms with Crippen LogP contribution in [0.3, 0.4) is 0 Å². The molecule has 0 fully saturated rings. The number of anilines is 1. The summed E-state index contributed by atoms with van der Waals surface area (Å²) in [5.74, 6) is -0.852. The molecule has 2 amide bonds. The van der Waals surface area contributed by atoms with E-state index in [1.807, 2.05) is 51.1 Å². The van der Waals surface area contributed by atoms with E-state index in [-0.39, 0.29) is 17.3 Å². The number of hydrogen-bond acceptors (Lipinski definition) is 4. The number of amides is 2. The van der Waals surface area contributed by atoms with E-state index >= 15 is 0 Å². The number of rotatable bonds is 9. The highest BCUT2D eigenvalue weighted by Crippen LogP contribution is 2.27. The minimum absolute atomic E-state index is 0.00716. The Kier molecular flexibility index (Phi) is 8.99. The van der Waals surface area contributed by atoms with Crippen molar-refractivity contribution in [2.24, 2.45) is 0 Å². The molecule has 9 heteroatoms. The van der Waals surface area contributed by atoms with Crippen molar-refractivity contribution >= 4 is 39.1 Å². The zero-order valence-corrected chi connectivity index (χ0v) is 23.2. The molecule has 0 aromatic heterocycles.